The minimum absolute atomic E-state index is 0.0495. The van der Waals surface area contributed by atoms with Gasteiger partial charge < -0.3 is 14.6 Å². The first kappa shape index (κ1) is 13.4. The van der Waals surface area contributed by atoms with Crippen LogP contribution >= 0.6 is 0 Å². The molecule has 5 nitrogen and oxygen atoms in total. The molecular formula is C16H16N2O3. The number of hydrogen-bond donors (Lipinski definition) is 1. The number of amides is 1. The Morgan fingerprint density at radius 3 is 2.81 bits per heavy atom. The van der Waals surface area contributed by atoms with E-state index in [-0.39, 0.29) is 5.91 Å². The van der Waals surface area contributed by atoms with E-state index in [2.05, 4.69) is 4.98 Å². The van der Waals surface area contributed by atoms with Gasteiger partial charge >= 0.3 is 5.97 Å². The highest BCUT2D eigenvalue weighted by molar-refractivity contribution is 6.01. The van der Waals surface area contributed by atoms with E-state index in [4.69, 9.17) is 4.74 Å². The Morgan fingerprint density at radius 1 is 1.33 bits per heavy atom. The summed E-state index contributed by atoms with van der Waals surface area (Å²) in [5, 5.41) is 0. The van der Waals surface area contributed by atoms with Crippen LogP contribution < -0.4 is 0 Å². The van der Waals surface area contributed by atoms with Crippen molar-refractivity contribution in [3.63, 3.8) is 0 Å². The summed E-state index contributed by atoms with van der Waals surface area (Å²) in [5.41, 5.74) is 2.81. The Balaban J connectivity index is 1.83. The monoisotopic (exact) mass is 284 g/mol. The fraction of sp³-hybridized carbons (Fsp3) is 0.250. The molecule has 1 N–H and O–H groups in total. The number of nitrogens with one attached hydrogen (secondary N) is 1. The largest absolute Gasteiger partial charge is 0.464 e. The average molecular weight is 284 g/mol. The molecule has 0 unspecified atom stereocenters. The first-order chi connectivity index (χ1) is 10.2. The Hall–Kier alpha value is -2.56. The molecule has 0 radical (unpaired) electrons. The lowest BCUT2D eigenvalue weighted by atomic mass is 10.0. The van der Waals surface area contributed by atoms with Crippen molar-refractivity contribution in [1.29, 1.82) is 0 Å². The lowest BCUT2D eigenvalue weighted by Crippen LogP contribution is -2.36. The van der Waals surface area contributed by atoms with E-state index >= 15 is 0 Å². The predicted octanol–water partition coefficient (Wildman–Crippen LogP) is 2.00. The van der Waals surface area contributed by atoms with Crippen LogP contribution in [0.3, 0.4) is 0 Å². The molecule has 0 spiro atoms. The van der Waals surface area contributed by atoms with Crippen LogP contribution in [0.4, 0.5) is 0 Å². The van der Waals surface area contributed by atoms with E-state index < -0.39 is 5.97 Å². The number of aromatic nitrogens is 1. The van der Waals surface area contributed by atoms with Gasteiger partial charge in [-0.3, -0.25) is 4.79 Å². The van der Waals surface area contributed by atoms with Gasteiger partial charge in [0.25, 0.3) is 5.91 Å². The van der Waals surface area contributed by atoms with Crippen molar-refractivity contribution >= 4 is 11.9 Å². The number of hydrogen-bond acceptors (Lipinski definition) is 3. The van der Waals surface area contributed by atoms with Crippen LogP contribution in [0.1, 0.15) is 32.0 Å². The second-order valence-electron chi connectivity index (χ2n) is 5.01. The van der Waals surface area contributed by atoms with Crippen LogP contribution in [0.5, 0.6) is 0 Å². The number of benzene rings is 1. The third kappa shape index (κ3) is 2.42. The van der Waals surface area contributed by atoms with Crippen LogP contribution in [0.2, 0.25) is 0 Å². The highest BCUT2D eigenvalue weighted by atomic mass is 16.5. The van der Waals surface area contributed by atoms with Gasteiger partial charge in [0.05, 0.1) is 12.7 Å². The third-order valence-corrected chi connectivity index (χ3v) is 3.74. The molecule has 0 bridgehead atoms. The van der Waals surface area contributed by atoms with Crippen LogP contribution in [0, 0.1) is 0 Å². The molecule has 2 heterocycles. The molecule has 1 aromatic heterocycles. The number of esters is 1. The van der Waals surface area contributed by atoms with E-state index in [1.165, 1.54) is 7.11 Å². The van der Waals surface area contributed by atoms with E-state index in [1.54, 1.807) is 11.1 Å². The fourth-order valence-electron chi connectivity index (χ4n) is 2.66. The Bertz CT molecular complexity index is 676. The van der Waals surface area contributed by atoms with Crippen molar-refractivity contribution in [2.75, 3.05) is 13.7 Å². The summed E-state index contributed by atoms with van der Waals surface area (Å²) in [7, 11) is 1.34. The summed E-state index contributed by atoms with van der Waals surface area (Å²) >= 11 is 0. The number of methoxy groups -OCH3 is 1. The van der Waals surface area contributed by atoms with Crippen LogP contribution in [-0.4, -0.2) is 35.4 Å². The van der Waals surface area contributed by atoms with Crippen molar-refractivity contribution in [2.45, 2.75) is 13.0 Å². The molecule has 1 amide bonds. The molecule has 1 aliphatic rings. The predicted molar refractivity (Wildman–Crippen MR) is 77.0 cm³/mol. The molecule has 5 heteroatoms. The maximum Gasteiger partial charge on any atom is 0.354 e. The maximum atomic E-state index is 12.5. The van der Waals surface area contributed by atoms with E-state index in [9.17, 15) is 9.59 Å². The molecule has 21 heavy (non-hydrogen) atoms. The molecule has 0 fully saturated rings. The van der Waals surface area contributed by atoms with Gasteiger partial charge in [0.1, 0.15) is 5.69 Å². The SMILES string of the molecule is COC(=O)c1[nH]cc2c1CCN(Cc1ccccc1)C2=O. The molecule has 0 saturated carbocycles. The highest BCUT2D eigenvalue weighted by Crippen LogP contribution is 2.24. The molecular weight excluding hydrogens is 268 g/mol. The van der Waals surface area contributed by atoms with Gasteiger partial charge in [-0.2, -0.15) is 0 Å². The molecule has 1 aliphatic heterocycles. The zero-order valence-corrected chi connectivity index (χ0v) is 11.8. The topological polar surface area (TPSA) is 62.4 Å². The molecule has 0 saturated heterocycles. The van der Waals surface area contributed by atoms with Gasteiger partial charge in [0, 0.05) is 19.3 Å². The first-order valence-corrected chi connectivity index (χ1v) is 6.82. The molecule has 0 atom stereocenters. The Morgan fingerprint density at radius 2 is 2.10 bits per heavy atom. The number of ether oxygens (including phenoxy) is 1. The zero-order valence-electron chi connectivity index (χ0n) is 11.8. The molecule has 0 aliphatic carbocycles. The van der Waals surface area contributed by atoms with Gasteiger partial charge in [0.15, 0.2) is 0 Å². The highest BCUT2D eigenvalue weighted by Gasteiger charge is 2.29. The third-order valence-electron chi connectivity index (χ3n) is 3.74. The standard InChI is InChI=1S/C16H16N2O3/c1-21-16(20)14-12-7-8-18(15(19)13(12)9-17-14)10-11-5-3-2-4-6-11/h2-6,9,17H,7-8,10H2,1H3. The maximum absolute atomic E-state index is 12.5. The summed E-state index contributed by atoms with van der Waals surface area (Å²) in [4.78, 5) is 28.8. The molecule has 1 aromatic carbocycles. The van der Waals surface area contributed by atoms with Gasteiger partial charge in [0.2, 0.25) is 0 Å². The lowest BCUT2D eigenvalue weighted by molar-refractivity contribution is 0.0593. The quantitative estimate of drug-likeness (QED) is 0.877. The van der Waals surface area contributed by atoms with Crippen molar-refractivity contribution < 1.29 is 14.3 Å². The van der Waals surface area contributed by atoms with E-state index in [0.29, 0.717) is 30.8 Å². The number of nitrogens with zero attached hydrogens (tertiary/aromatic N) is 1. The van der Waals surface area contributed by atoms with Gasteiger partial charge in [-0.1, -0.05) is 30.3 Å². The van der Waals surface area contributed by atoms with E-state index in [1.807, 2.05) is 30.3 Å². The number of carbonyl (C=O) groups excluding carboxylic acids is 2. The van der Waals surface area contributed by atoms with Crippen molar-refractivity contribution in [1.82, 2.24) is 9.88 Å². The Labute approximate surface area is 122 Å². The molecule has 2 aromatic rings. The average Bonchev–Trinajstić information content (AvgIpc) is 2.95. The summed E-state index contributed by atoms with van der Waals surface area (Å²) in [5.74, 6) is -0.480. The summed E-state index contributed by atoms with van der Waals surface area (Å²) < 4.78 is 4.72. The van der Waals surface area contributed by atoms with Crippen molar-refractivity contribution in [3.8, 4) is 0 Å². The van der Waals surface area contributed by atoms with Gasteiger partial charge in [-0.25, -0.2) is 4.79 Å². The number of carbonyl (C=O) groups is 2. The molecule has 3 rings (SSSR count). The fourth-order valence-corrected chi connectivity index (χ4v) is 2.66. The van der Waals surface area contributed by atoms with Crippen LogP contribution in [-0.2, 0) is 17.7 Å². The smallest absolute Gasteiger partial charge is 0.354 e. The van der Waals surface area contributed by atoms with Crippen molar-refractivity contribution in [3.05, 3.63) is 58.9 Å². The van der Waals surface area contributed by atoms with Crippen LogP contribution in [0.25, 0.3) is 0 Å². The van der Waals surface area contributed by atoms with E-state index in [0.717, 1.165) is 11.1 Å². The minimum atomic E-state index is -0.430. The van der Waals surface area contributed by atoms with Gasteiger partial charge in [-0.05, 0) is 17.5 Å². The second-order valence-corrected chi connectivity index (χ2v) is 5.01. The van der Waals surface area contributed by atoms with Crippen LogP contribution in [0.15, 0.2) is 36.5 Å². The number of H-pyrrole nitrogens is 1. The first-order valence-electron chi connectivity index (χ1n) is 6.82. The summed E-state index contributed by atoms with van der Waals surface area (Å²) in [6, 6.07) is 9.87. The van der Waals surface area contributed by atoms with Crippen molar-refractivity contribution in [2.24, 2.45) is 0 Å². The molecule has 108 valence electrons. The summed E-state index contributed by atoms with van der Waals surface area (Å²) in [6.07, 6.45) is 2.25. The second kappa shape index (κ2) is 5.44. The normalized spacial score (nSPS) is 14.0. The van der Waals surface area contributed by atoms with Gasteiger partial charge in [-0.15, -0.1) is 0 Å². The lowest BCUT2D eigenvalue weighted by Gasteiger charge is -2.27. The minimum Gasteiger partial charge on any atom is -0.464 e. The number of aromatic amines is 1. The zero-order chi connectivity index (χ0) is 14.8. The number of fused-ring (bicyclic) bond motifs is 1. The summed E-state index contributed by atoms with van der Waals surface area (Å²) in [6.45, 7) is 1.18. The Kier molecular flexibility index (Phi) is 3.48. The number of rotatable bonds is 3.